The highest BCUT2D eigenvalue weighted by Crippen LogP contribution is 2.11. The van der Waals surface area contributed by atoms with Crippen molar-refractivity contribution in [1.29, 1.82) is 5.26 Å². The first kappa shape index (κ1) is 16.2. The quantitative estimate of drug-likeness (QED) is 0.856. The minimum atomic E-state index is -0.0537. The number of carbonyl (C=O) groups excluding carboxylic acids is 1. The molecule has 0 spiro atoms. The highest BCUT2D eigenvalue weighted by atomic mass is 16.2. The van der Waals surface area contributed by atoms with Gasteiger partial charge in [0, 0.05) is 45.1 Å². The van der Waals surface area contributed by atoms with Gasteiger partial charge >= 0.3 is 6.03 Å². The van der Waals surface area contributed by atoms with Crippen LogP contribution < -0.4 is 5.32 Å². The van der Waals surface area contributed by atoms with E-state index in [9.17, 15) is 4.79 Å². The number of urea groups is 1. The molecule has 1 aromatic rings. The summed E-state index contributed by atoms with van der Waals surface area (Å²) >= 11 is 0. The summed E-state index contributed by atoms with van der Waals surface area (Å²) in [6.45, 7) is 4.78. The second-order valence-corrected chi connectivity index (χ2v) is 5.82. The number of pyridine rings is 1. The van der Waals surface area contributed by atoms with Crippen molar-refractivity contribution < 1.29 is 4.79 Å². The lowest BCUT2D eigenvalue weighted by atomic mass is 10.1. The number of nitriles is 1. The predicted molar refractivity (Wildman–Crippen MR) is 84.0 cm³/mol. The molecule has 1 N–H and O–H groups in total. The SMILES string of the molecule is Cc1ccncc1CN(C)C(=O)NC1CCN(CC#N)CC1. The van der Waals surface area contributed by atoms with Gasteiger partial charge in [-0.05, 0) is 37.0 Å². The molecule has 1 aliphatic rings. The Hall–Kier alpha value is -2.13. The standard InChI is InChI=1S/C16H23N5O/c1-13-3-7-18-11-14(13)12-20(2)16(22)19-15-4-8-21(9-5-15)10-6-17/h3,7,11,15H,4-5,8-10,12H2,1-2H3,(H,19,22). The first-order valence-electron chi connectivity index (χ1n) is 7.60. The summed E-state index contributed by atoms with van der Waals surface area (Å²) in [6, 6.07) is 4.26. The Labute approximate surface area is 131 Å². The van der Waals surface area contributed by atoms with Crippen molar-refractivity contribution >= 4 is 6.03 Å². The zero-order chi connectivity index (χ0) is 15.9. The highest BCUT2D eigenvalue weighted by Gasteiger charge is 2.21. The first-order chi connectivity index (χ1) is 10.6. The van der Waals surface area contributed by atoms with Crippen molar-refractivity contribution in [3.05, 3.63) is 29.6 Å². The van der Waals surface area contributed by atoms with Gasteiger partial charge in [0.2, 0.25) is 0 Å². The predicted octanol–water partition coefficient (Wildman–Crippen LogP) is 1.52. The summed E-state index contributed by atoms with van der Waals surface area (Å²) in [4.78, 5) is 20.2. The highest BCUT2D eigenvalue weighted by molar-refractivity contribution is 5.74. The van der Waals surface area contributed by atoms with Crippen molar-refractivity contribution in [3.8, 4) is 6.07 Å². The third-order valence-corrected chi connectivity index (χ3v) is 4.11. The molecule has 1 aliphatic heterocycles. The van der Waals surface area contributed by atoms with Crippen LogP contribution in [0.1, 0.15) is 24.0 Å². The van der Waals surface area contributed by atoms with Crippen molar-refractivity contribution in [3.63, 3.8) is 0 Å². The maximum absolute atomic E-state index is 12.3. The maximum atomic E-state index is 12.3. The molecule has 1 aromatic heterocycles. The number of amides is 2. The number of nitrogens with one attached hydrogen (secondary N) is 1. The largest absolute Gasteiger partial charge is 0.335 e. The van der Waals surface area contributed by atoms with Gasteiger partial charge in [-0.3, -0.25) is 9.88 Å². The van der Waals surface area contributed by atoms with Gasteiger partial charge in [-0.2, -0.15) is 5.26 Å². The molecule has 0 aromatic carbocycles. The Morgan fingerprint density at radius 1 is 1.55 bits per heavy atom. The normalized spacial score (nSPS) is 16.0. The second kappa shape index (κ2) is 7.76. The summed E-state index contributed by atoms with van der Waals surface area (Å²) in [7, 11) is 1.80. The van der Waals surface area contributed by atoms with Crippen LogP contribution in [0.2, 0.25) is 0 Å². The van der Waals surface area contributed by atoms with E-state index in [1.54, 1.807) is 24.3 Å². The average molecular weight is 301 g/mol. The van der Waals surface area contributed by atoms with Crippen LogP contribution in [-0.4, -0.2) is 53.5 Å². The molecule has 0 bridgehead atoms. The van der Waals surface area contributed by atoms with E-state index in [1.807, 2.05) is 13.0 Å². The lowest BCUT2D eigenvalue weighted by Gasteiger charge is -2.31. The van der Waals surface area contributed by atoms with Crippen molar-refractivity contribution in [2.45, 2.75) is 32.4 Å². The number of nitrogens with zero attached hydrogens (tertiary/aromatic N) is 4. The van der Waals surface area contributed by atoms with Crippen LogP contribution in [0.5, 0.6) is 0 Å². The topological polar surface area (TPSA) is 72.3 Å². The Morgan fingerprint density at radius 2 is 2.27 bits per heavy atom. The number of rotatable bonds is 4. The molecule has 2 rings (SSSR count). The number of hydrogen-bond donors (Lipinski definition) is 1. The number of aromatic nitrogens is 1. The molecule has 0 aliphatic carbocycles. The van der Waals surface area contributed by atoms with Crippen LogP contribution in [0.25, 0.3) is 0 Å². The molecule has 6 nitrogen and oxygen atoms in total. The molecular weight excluding hydrogens is 278 g/mol. The minimum absolute atomic E-state index is 0.0537. The number of hydrogen-bond acceptors (Lipinski definition) is 4. The van der Waals surface area contributed by atoms with Gasteiger partial charge in [-0.25, -0.2) is 4.79 Å². The molecule has 0 unspecified atom stereocenters. The molecule has 0 saturated carbocycles. The van der Waals surface area contributed by atoms with Gasteiger partial charge in [0.15, 0.2) is 0 Å². The summed E-state index contributed by atoms with van der Waals surface area (Å²) in [5, 5.41) is 11.8. The fourth-order valence-electron chi connectivity index (χ4n) is 2.61. The van der Waals surface area contributed by atoms with Gasteiger partial charge in [0.25, 0.3) is 0 Å². The van der Waals surface area contributed by atoms with Crippen molar-refractivity contribution in [1.82, 2.24) is 20.1 Å². The summed E-state index contributed by atoms with van der Waals surface area (Å²) in [5.41, 5.74) is 2.20. The van der Waals surface area contributed by atoms with Gasteiger partial charge in [0.05, 0.1) is 12.6 Å². The fourth-order valence-corrected chi connectivity index (χ4v) is 2.61. The number of carbonyl (C=O) groups is 1. The third-order valence-electron chi connectivity index (χ3n) is 4.11. The fraction of sp³-hybridized carbons (Fsp3) is 0.562. The van der Waals surface area contributed by atoms with Gasteiger partial charge in [-0.1, -0.05) is 0 Å². The molecule has 2 heterocycles. The van der Waals surface area contributed by atoms with E-state index in [1.165, 1.54) is 0 Å². The van der Waals surface area contributed by atoms with Crippen molar-refractivity contribution in [2.24, 2.45) is 0 Å². The zero-order valence-electron chi connectivity index (χ0n) is 13.2. The van der Waals surface area contributed by atoms with E-state index in [2.05, 4.69) is 21.3 Å². The second-order valence-electron chi connectivity index (χ2n) is 5.82. The first-order valence-corrected chi connectivity index (χ1v) is 7.60. The van der Waals surface area contributed by atoms with Crippen LogP contribution in [0.4, 0.5) is 4.79 Å². The number of likely N-dealkylation sites (tertiary alicyclic amines) is 1. The molecule has 22 heavy (non-hydrogen) atoms. The van der Waals surface area contributed by atoms with Gasteiger partial charge in [0.1, 0.15) is 0 Å². The number of piperidine rings is 1. The van der Waals surface area contributed by atoms with Crippen LogP contribution in [0.3, 0.4) is 0 Å². The van der Waals surface area contributed by atoms with Gasteiger partial charge in [-0.15, -0.1) is 0 Å². The Kier molecular flexibility index (Phi) is 5.73. The molecule has 118 valence electrons. The summed E-state index contributed by atoms with van der Waals surface area (Å²) in [5.74, 6) is 0. The molecule has 2 amide bonds. The van der Waals surface area contributed by atoms with E-state index in [0.29, 0.717) is 13.1 Å². The van der Waals surface area contributed by atoms with Crippen LogP contribution >= 0.6 is 0 Å². The summed E-state index contributed by atoms with van der Waals surface area (Å²) < 4.78 is 0. The molecule has 1 saturated heterocycles. The zero-order valence-corrected chi connectivity index (χ0v) is 13.2. The Balaban J connectivity index is 1.80. The van der Waals surface area contributed by atoms with Crippen LogP contribution in [0, 0.1) is 18.3 Å². The lowest BCUT2D eigenvalue weighted by Crippen LogP contribution is -2.48. The van der Waals surface area contributed by atoms with E-state index in [4.69, 9.17) is 5.26 Å². The molecule has 6 heteroatoms. The Morgan fingerprint density at radius 3 is 2.91 bits per heavy atom. The third kappa shape index (κ3) is 4.43. The van der Waals surface area contributed by atoms with Crippen LogP contribution in [0.15, 0.2) is 18.5 Å². The number of aryl methyl sites for hydroxylation is 1. The smallest absolute Gasteiger partial charge is 0.317 e. The monoisotopic (exact) mass is 301 g/mol. The van der Waals surface area contributed by atoms with Gasteiger partial charge < -0.3 is 10.2 Å². The van der Waals surface area contributed by atoms with E-state index >= 15 is 0 Å². The van der Waals surface area contributed by atoms with Crippen LogP contribution in [-0.2, 0) is 6.54 Å². The molecular formula is C16H23N5O. The molecule has 0 atom stereocenters. The van der Waals surface area contributed by atoms with Crippen molar-refractivity contribution in [2.75, 3.05) is 26.7 Å². The molecule has 0 radical (unpaired) electrons. The maximum Gasteiger partial charge on any atom is 0.317 e. The Bertz CT molecular complexity index is 546. The lowest BCUT2D eigenvalue weighted by molar-refractivity contribution is 0.183. The molecule has 1 fully saturated rings. The minimum Gasteiger partial charge on any atom is -0.335 e. The van der Waals surface area contributed by atoms with E-state index in [-0.39, 0.29) is 12.1 Å². The summed E-state index contributed by atoms with van der Waals surface area (Å²) in [6.07, 6.45) is 5.35. The van der Waals surface area contributed by atoms with E-state index in [0.717, 1.165) is 37.1 Å². The average Bonchev–Trinajstić information content (AvgIpc) is 2.51. The van der Waals surface area contributed by atoms with E-state index < -0.39 is 0 Å².